The second-order valence-electron chi connectivity index (χ2n) is 2.43. The van der Waals surface area contributed by atoms with Crippen molar-refractivity contribution < 1.29 is 8.83 Å². The molecule has 2 N–H and O–H groups in total. The van der Waals surface area contributed by atoms with E-state index in [1.165, 1.54) is 6.26 Å². The van der Waals surface area contributed by atoms with E-state index >= 15 is 0 Å². The lowest BCUT2D eigenvalue weighted by molar-refractivity contribution is 0.518. The van der Waals surface area contributed by atoms with Gasteiger partial charge >= 0.3 is 0 Å². The number of rotatable bonds is 2. The highest BCUT2D eigenvalue weighted by Crippen LogP contribution is 2.10. The van der Waals surface area contributed by atoms with Crippen LogP contribution in [0.3, 0.4) is 0 Å². The topological polar surface area (TPSA) is 65.2 Å². The fraction of sp³-hybridized carbons (Fsp3) is 0.125. The van der Waals surface area contributed by atoms with Crippen molar-refractivity contribution in [1.82, 2.24) is 4.98 Å². The van der Waals surface area contributed by atoms with Crippen LogP contribution >= 0.6 is 0 Å². The van der Waals surface area contributed by atoms with E-state index in [0.29, 0.717) is 6.42 Å². The molecule has 0 saturated carbocycles. The predicted molar refractivity (Wildman–Crippen MR) is 42.4 cm³/mol. The summed E-state index contributed by atoms with van der Waals surface area (Å²) in [5.41, 5.74) is 6.08. The maximum absolute atomic E-state index is 5.30. The van der Waals surface area contributed by atoms with Crippen molar-refractivity contribution in [3.8, 4) is 0 Å². The molecule has 0 aliphatic heterocycles. The molecule has 2 aromatic heterocycles. The molecule has 0 aromatic carbocycles. The summed E-state index contributed by atoms with van der Waals surface area (Å²) in [4.78, 5) is 3.94. The minimum absolute atomic E-state index is 0.191. The molecule has 0 spiro atoms. The molecule has 0 bridgehead atoms. The Morgan fingerprint density at radius 2 is 2.33 bits per heavy atom. The normalized spacial score (nSPS) is 10.3. The predicted octanol–water partition coefficient (Wildman–Crippen LogP) is 1.44. The lowest BCUT2D eigenvalue weighted by Crippen LogP contribution is -1.87. The fourth-order valence-electron chi connectivity index (χ4n) is 0.996. The third kappa shape index (κ3) is 1.32. The van der Waals surface area contributed by atoms with Crippen LogP contribution in [-0.2, 0) is 6.42 Å². The van der Waals surface area contributed by atoms with E-state index in [-0.39, 0.29) is 6.01 Å². The van der Waals surface area contributed by atoms with E-state index in [4.69, 9.17) is 14.6 Å². The molecular formula is C8H8N2O2. The highest BCUT2D eigenvalue weighted by molar-refractivity contribution is 5.16. The van der Waals surface area contributed by atoms with Gasteiger partial charge in [-0.1, -0.05) is 0 Å². The highest BCUT2D eigenvalue weighted by atomic mass is 16.4. The number of oxazole rings is 1. The molecular weight excluding hydrogens is 156 g/mol. The Morgan fingerprint density at radius 1 is 1.42 bits per heavy atom. The molecule has 2 heterocycles. The van der Waals surface area contributed by atoms with Gasteiger partial charge in [0.25, 0.3) is 6.01 Å². The van der Waals surface area contributed by atoms with Crippen molar-refractivity contribution in [2.75, 3.05) is 5.73 Å². The first-order valence-electron chi connectivity index (χ1n) is 3.57. The molecule has 2 rings (SSSR count). The summed E-state index contributed by atoms with van der Waals surface area (Å²) in [6.45, 7) is 0. The number of aromatic nitrogens is 1. The minimum atomic E-state index is 0.191. The van der Waals surface area contributed by atoms with E-state index in [0.717, 1.165) is 11.5 Å². The van der Waals surface area contributed by atoms with Crippen LogP contribution in [0.25, 0.3) is 0 Å². The number of nitrogens with two attached hydrogens (primary N) is 1. The van der Waals surface area contributed by atoms with E-state index in [1.807, 2.05) is 12.1 Å². The summed E-state index contributed by atoms with van der Waals surface area (Å²) < 4.78 is 9.96. The van der Waals surface area contributed by atoms with Gasteiger partial charge in [-0.05, 0) is 12.1 Å². The van der Waals surface area contributed by atoms with Gasteiger partial charge in [-0.15, -0.1) is 0 Å². The van der Waals surface area contributed by atoms with Gasteiger partial charge in [0.1, 0.15) is 12.0 Å². The van der Waals surface area contributed by atoms with Crippen LogP contribution < -0.4 is 5.73 Å². The van der Waals surface area contributed by atoms with E-state index in [1.54, 1.807) is 6.26 Å². The molecule has 0 atom stereocenters. The molecule has 2 aromatic rings. The number of hydrogen-bond acceptors (Lipinski definition) is 4. The largest absolute Gasteiger partial charge is 0.469 e. The first-order chi connectivity index (χ1) is 5.84. The maximum Gasteiger partial charge on any atom is 0.292 e. The standard InChI is InChI=1S/C8H8N2O2/c9-8-10-6(5-12-8)4-7-2-1-3-11-7/h1-3,5H,4H2,(H2,9,10). The fourth-order valence-corrected chi connectivity index (χ4v) is 0.996. The Labute approximate surface area is 69.0 Å². The lowest BCUT2D eigenvalue weighted by Gasteiger charge is -1.87. The zero-order valence-corrected chi connectivity index (χ0v) is 6.36. The van der Waals surface area contributed by atoms with Crippen molar-refractivity contribution >= 4 is 6.01 Å². The summed E-state index contributed by atoms with van der Waals surface area (Å²) in [7, 11) is 0. The zero-order chi connectivity index (χ0) is 8.39. The van der Waals surface area contributed by atoms with Crippen molar-refractivity contribution in [3.63, 3.8) is 0 Å². The van der Waals surface area contributed by atoms with Gasteiger partial charge in [0.05, 0.1) is 18.4 Å². The molecule has 0 fully saturated rings. The van der Waals surface area contributed by atoms with Crippen molar-refractivity contribution in [3.05, 3.63) is 36.1 Å². The molecule has 12 heavy (non-hydrogen) atoms. The highest BCUT2D eigenvalue weighted by Gasteiger charge is 2.02. The van der Waals surface area contributed by atoms with Gasteiger partial charge in [0.15, 0.2) is 0 Å². The lowest BCUT2D eigenvalue weighted by atomic mass is 10.3. The summed E-state index contributed by atoms with van der Waals surface area (Å²) in [6, 6.07) is 3.90. The average Bonchev–Trinajstić information content (AvgIpc) is 2.63. The maximum atomic E-state index is 5.30. The van der Waals surface area contributed by atoms with E-state index in [2.05, 4.69) is 4.98 Å². The van der Waals surface area contributed by atoms with Gasteiger partial charge in [-0.3, -0.25) is 0 Å². The SMILES string of the molecule is Nc1nc(Cc2ccco2)co1. The molecule has 0 radical (unpaired) electrons. The van der Waals surface area contributed by atoms with Crippen molar-refractivity contribution in [2.45, 2.75) is 6.42 Å². The third-order valence-electron chi connectivity index (χ3n) is 1.50. The van der Waals surface area contributed by atoms with Crippen molar-refractivity contribution in [2.24, 2.45) is 0 Å². The van der Waals surface area contributed by atoms with E-state index < -0.39 is 0 Å². The number of nitrogen functional groups attached to an aromatic ring is 1. The summed E-state index contributed by atoms with van der Waals surface area (Å²) in [5.74, 6) is 0.850. The third-order valence-corrected chi connectivity index (χ3v) is 1.50. The Morgan fingerprint density at radius 3 is 2.92 bits per heavy atom. The molecule has 4 nitrogen and oxygen atoms in total. The molecule has 0 aliphatic rings. The number of hydrogen-bond donors (Lipinski definition) is 1. The van der Waals surface area contributed by atoms with Crippen LogP contribution in [-0.4, -0.2) is 4.98 Å². The van der Waals surface area contributed by atoms with Gasteiger partial charge in [0, 0.05) is 0 Å². The Hall–Kier alpha value is -1.71. The molecule has 0 amide bonds. The van der Waals surface area contributed by atoms with Crippen LogP contribution in [0.5, 0.6) is 0 Å². The Balaban J connectivity index is 2.14. The summed E-state index contributed by atoms with van der Waals surface area (Å²) in [6.07, 6.45) is 3.77. The summed E-state index contributed by atoms with van der Waals surface area (Å²) >= 11 is 0. The van der Waals surface area contributed by atoms with Crippen LogP contribution in [0.2, 0.25) is 0 Å². The Kier molecular flexibility index (Phi) is 1.59. The average molecular weight is 164 g/mol. The van der Waals surface area contributed by atoms with Crippen LogP contribution in [0.4, 0.5) is 6.01 Å². The second kappa shape index (κ2) is 2.73. The molecule has 62 valence electrons. The Bertz CT molecular complexity index is 351. The van der Waals surface area contributed by atoms with Gasteiger partial charge in [0.2, 0.25) is 0 Å². The quantitative estimate of drug-likeness (QED) is 0.729. The number of nitrogens with zero attached hydrogens (tertiary/aromatic N) is 1. The zero-order valence-electron chi connectivity index (χ0n) is 6.36. The van der Waals surface area contributed by atoms with Crippen LogP contribution in [0, 0.1) is 0 Å². The van der Waals surface area contributed by atoms with Crippen molar-refractivity contribution in [1.29, 1.82) is 0 Å². The first kappa shape index (κ1) is 6.97. The van der Waals surface area contributed by atoms with E-state index in [9.17, 15) is 0 Å². The van der Waals surface area contributed by atoms with Gasteiger partial charge in [-0.2, -0.15) is 4.98 Å². The first-order valence-corrected chi connectivity index (χ1v) is 3.57. The smallest absolute Gasteiger partial charge is 0.292 e. The minimum Gasteiger partial charge on any atom is -0.469 e. The summed E-state index contributed by atoms with van der Waals surface area (Å²) in [5, 5.41) is 0. The van der Waals surface area contributed by atoms with Crippen LogP contribution in [0.15, 0.2) is 33.5 Å². The van der Waals surface area contributed by atoms with Gasteiger partial charge in [-0.25, -0.2) is 0 Å². The van der Waals surface area contributed by atoms with Crippen LogP contribution in [0.1, 0.15) is 11.5 Å². The molecule has 4 heteroatoms. The second-order valence-corrected chi connectivity index (χ2v) is 2.43. The molecule has 0 aliphatic carbocycles. The molecule has 0 saturated heterocycles. The number of furan rings is 1. The monoisotopic (exact) mass is 164 g/mol. The van der Waals surface area contributed by atoms with Gasteiger partial charge < -0.3 is 14.6 Å². The number of anilines is 1. The molecule has 0 unspecified atom stereocenters.